The molecule has 0 amide bonds. The van der Waals surface area contributed by atoms with Gasteiger partial charge in [0.2, 0.25) is 0 Å². The summed E-state index contributed by atoms with van der Waals surface area (Å²) < 4.78 is 4.85. The van der Waals surface area contributed by atoms with E-state index >= 15 is 0 Å². The summed E-state index contributed by atoms with van der Waals surface area (Å²) in [6, 6.07) is 0. The van der Waals surface area contributed by atoms with Crippen molar-refractivity contribution in [1.82, 2.24) is 0 Å². The first kappa shape index (κ1) is 16.2. The van der Waals surface area contributed by atoms with Crippen molar-refractivity contribution in [3.05, 3.63) is 35.5 Å². The van der Waals surface area contributed by atoms with Crippen LogP contribution in [0.5, 0.6) is 0 Å². The highest BCUT2D eigenvalue weighted by atomic mass is 16.6. The van der Waals surface area contributed by atoms with Crippen molar-refractivity contribution in [2.75, 3.05) is 13.7 Å². The van der Waals surface area contributed by atoms with Crippen LogP contribution in [0.2, 0.25) is 0 Å². The molecule has 0 aromatic carbocycles. The van der Waals surface area contributed by atoms with Gasteiger partial charge in [0.05, 0.1) is 6.61 Å². The molecule has 1 aliphatic carbocycles. The highest BCUT2D eigenvalue weighted by Gasteiger charge is 2.19. The third kappa shape index (κ3) is 5.72. The number of aliphatic hydroxyl groups excluding tert-OH is 2. The van der Waals surface area contributed by atoms with E-state index in [0.29, 0.717) is 5.92 Å². The lowest BCUT2D eigenvalue weighted by Gasteiger charge is -2.25. The largest absolute Gasteiger partial charge is 0.392 e. The maximum atomic E-state index is 9.44. The first-order valence-electron chi connectivity index (χ1n) is 7.09. The fourth-order valence-corrected chi connectivity index (χ4v) is 2.55. The molecular formula is C16H26O3. The fraction of sp³-hybridized carbons (Fsp3) is 0.625. The van der Waals surface area contributed by atoms with Crippen molar-refractivity contribution in [1.29, 1.82) is 0 Å². The molecule has 108 valence electrons. The zero-order valence-corrected chi connectivity index (χ0v) is 12.0. The fourth-order valence-electron chi connectivity index (χ4n) is 2.55. The monoisotopic (exact) mass is 266 g/mol. The maximum absolute atomic E-state index is 9.44. The zero-order chi connectivity index (χ0) is 14.1. The average molecular weight is 266 g/mol. The second-order valence-electron chi connectivity index (χ2n) is 4.92. The molecule has 1 fully saturated rings. The number of hydrogen-bond donors (Lipinski definition) is 2. The predicted octanol–water partition coefficient (Wildman–Crippen LogP) is 2.95. The molecule has 0 radical (unpaired) electrons. The minimum atomic E-state index is -0.772. The van der Waals surface area contributed by atoms with Crippen LogP contribution >= 0.6 is 0 Å². The van der Waals surface area contributed by atoms with Crippen LogP contribution in [-0.4, -0.2) is 30.2 Å². The number of rotatable bonds is 6. The molecule has 0 aromatic heterocycles. The molecule has 0 spiro atoms. The molecular weight excluding hydrogens is 240 g/mol. The lowest BCUT2D eigenvalue weighted by molar-refractivity contribution is -0.0365. The zero-order valence-electron chi connectivity index (χ0n) is 12.0. The minimum Gasteiger partial charge on any atom is -0.392 e. The van der Waals surface area contributed by atoms with Gasteiger partial charge >= 0.3 is 0 Å². The van der Waals surface area contributed by atoms with E-state index in [4.69, 9.17) is 9.84 Å². The molecule has 0 aliphatic heterocycles. The van der Waals surface area contributed by atoms with Crippen molar-refractivity contribution in [3.63, 3.8) is 0 Å². The Morgan fingerprint density at radius 1 is 1.42 bits per heavy atom. The van der Waals surface area contributed by atoms with Gasteiger partial charge in [0.25, 0.3) is 0 Å². The number of allylic oxidation sites excluding steroid dienone is 4. The van der Waals surface area contributed by atoms with Gasteiger partial charge in [-0.3, -0.25) is 0 Å². The second-order valence-corrected chi connectivity index (χ2v) is 4.92. The van der Waals surface area contributed by atoms with Gasteiger partial charge in [-0.1, -0.05) is 30.7 Å². The standard InChI is InChI=1S/C16H26O3/c1-3-5-14(6-4-11-17)15-9-7-13(8-10-15)12-16(18)19-2/h4-6,12,15-18H,3,7-11H2,1-2H3/b6-4-,13-12?,14-5+. The van der Waals surface area contributed by atoms with Crippen molar-refractivity contribution < 1.29 is 14.9 Å². The Kier molecular flexibility index (Phi) is 7.72. The Balaban J connectivity index is 2.58. The second kappa shape index (κ2) is 9.08. The predicted molar refractivity (Wildman–Crippen MR) is 77.7 cm³/mol. The summed E-state index contributed by atoms with van der Waals surface area (Å²) in [6.45, 7) is 2.23. The molecule has 2 N–H and O–H groups in total. The Hall–Kier alpha value is -0.900. The minimum absolute atomic E-state index is 0.0962. The van der Waals surface area contributed by atoms with E-state index in [1.807, 2.05) is 18.2 Å². The van der Waals surface area contributed by atoms with Gasteiger partial charge < -0.3 is 14.9 Å². The smallest absolute Gasteiger partial charge is 0.173 e. The summed E-state index contributed by atoms with van der Waals surface area (Å²) in [5.74, 6) is 0.569. The summed E-state index contributed by atoms with van der Waals surface area (Å²) in [7, 11) is 1.51. The van der Waals surface area contributed by atoms with E-state index < -0.39 is 6.29 Å². The molecule has 1 aliphatic rings. The molecule has 0 bridgehead atoms. The van der Waals surface area contributed by atoms with Crippen LogP contribution in [-0.2, 0) is 4.74 Å². The van der Waals surface area contributed by atoms with Gasteiger partial charge in [-0.15, -0.1) is 0 Å². The third-order valence-corrected chi connectivity index (χ3v) is 3.57. The van der Waals surface area contributed by atoms with Gasteiger partial charge in [-0.05, 0) is 49.7 Å². The van der Waals surface area contributed by atoms with Gasteiger partial charge in [-0.2, -0.15) is 0 Å². The van der Waals surface area contributed by atoms with Crippen LogP contribution in [0.25, 0.3) is 0 Å². The first-order valence-corrected chi connectivity index (χ1v) is 7.09. The lowest BCUT2D eigenvalue weighted by Crippen LogP contribution is -2.13. The average Bonchev–Trinajstić information content (AvgIpc) is 2.44. The molecule has 0 aromatic rings. The molecule has 1 unspecified atom stereocenters. The Morgan fingerprint density at radius 3 is 2.63 bits per heavy atom. The highest BCUT2D eigenvalue weighted by molar-refractivity contribution is 5.24. The number of ether oxygens (including phenoxy) is 1. The first-order chi connectivity index (χ1) is 9.21. The molecule has 3 nitrogen and oxygen atoms in total. The van der Waals surface area contributed by atoms with Crippen LogP contribution < -0.4 is 0 Å². The Morgan fingerprint density at radius 2 is 2.11 bits per heavy atom. The summed E-state index contributed by atoms with van der Waals surface area (Å²) >= 11 is 0. The van der Waals surface area contributed by atoms with E-state index in [0.717, 1.165) is 32.1 Å². The Bertz CT molecular complexity index is 332. The van der Waals surface area contributed by atoms with E-state index in [9.17, 15) is 5.11 Å². The van der Waals surface area contributed by atoms with Crippen molar-refractivity contribution in [2.24, 2.45) is 5.92 Å². The van der Waals surface area contributed by atoms with E-state index in [-0.39, 0.29) is 6.61 Å². The summed E-state index contributed by atoms with van der Waals surface area (Å²) in [6.07, 6.45) is 12.4. The van der Waals surface area contributed by atoms with Crippen LogP contribution in [0, 0.1) is 5.92 Å². The number of aliphatic hydroxyl groups is 2. The van der Waals surface area contributed by atoms with E-state index in [1.165, 1.54) is 18.3 Å². The van der Waals surface area contributed by atoms with Crippen LogP contribution in [0.4, 0.5) is 0 Å². The highest BCUT2D eigenvalue weighted by Crippen LogP contribution is 2.33. The van der Waals surface area contributed by atoms with Crippen LogP contribution in [0.1, 0.15) is 39.0 Å². The normalized spacial score (nSPS) is 22.8. The number of methoxy groups -OCH3 is 1. The molecule has 0 heterocycles. The molecule has 1 saturated carbocycles. The van der Waals surface area contributed by atoms with Crippen molar-refractivity contribution >= 4 is 0 Å². The van der Waals surface area contributed by atoms with Crippen molar-refractivity contribution in [2.45, 2.75) is 45.3 Å². The molecule has 0 saturated heterocycles. The summed E-state index contributed by atoms with van der Waals surface area (Å²) in [4.78, 5) is 0. The third-order valence-electron chi connectivity index (χ3n) is 3.57. The SMILES string of the molecule is CC/C=C(\C=C/CO)C1CCC(=CC(O)OC)CC1. The maximum Gasteiger partial charge on any atom is 0.173 e. The van der Waals surface area contributed by atoms with E-state index in [1.54, 1.807) is 0 Å². The summed E-state index contributed by atoms with van der Waals surface area (Å²) in [5, 5.41) is 18.3. The van der Waals surface area contributed by atoms with Gasteiger partial charge in [0.1, 0.15) is 0 Å². The van der Waals surface area contributed by atoms with E-state index in [2.05, 4.69) is 13.0 Å². The molecule has 3 heteroatoms. The number of hydrogen-bond acceptors (Lipinski definition) is 3. The quantitative estimate of drug-likeness (QED) is 0.441. The Labute approximate surface area is 116 Å². The van der Waals surface area contributed by atoms with Gasteiger partial charge in [-0.25, -0.2) is 0 Å². The topological polar surface area (TPSA) is 49.7 Å². The molecule has 19 heavy (non-hydrogen) atoms. The van der Waals surface area contributed by atoms with Crippen molar-refractivity contribution in [3.8, 4) is 0 Å². The molecule has 1 rings (SSSR count). The van der Waals surface area contributed by atoms with Gasteiger partial charge in [0, 0.05) is 7.11 Å². The van der Waals surface area contributed by atoms with Crippen LogP contribution in [0.3, 0.4) is 0 Å². The summed E-state index contributed by atoms with van der Waals surface area (Å²) in [5.41, 5.74) is 2.62. The van der Waals surface area contributed by atoms with Crippen LogP contribution in [0.15, 0.2) is 35.5 Å². The lowest BCUT2D eigenvalue weighted by atomic mass is 9.80. The van der Waals surface area contributed by atoms with Gasteiger partial charge in [0.15, 0.2) is 6.29 Å². The molecule has 1 atom stereocenters.